The van der Waals surface area contributed by atoms with Gasteiger partial charge in [-0.05, 0) is 19.4 Å². The summed E-state index contributed by atoms with van der Waals surface area (Å²) in [5.41, 5.74) is 2.57. The van der Waals surface area contributed by atoms with Crippen LogP contribution in [-0.2, 0) is 12.0 Å². The van der Waals surface area contributed by atoms with E-state index in [1.807, 2.05) is 0 Å². The Bertz CT molecular complexity index is 581. The van der Waals surface area contributed by atoms with Crippen LogP contribution in [-0.4, -0.2) is 36.1 Å². The zero-order chi connectivity index (χ0) is 14.7. The van der Waals surface area contributed by atoms with Crippen LogP contribution in [0.1, 0.15) is 23.2 Å². The van der Waals surface area contributed by atoms with Crippen molar-refractivity contribution in [1.29, 1.82) is 0 Å². The molecular formula is C17H23N3S. The van der Waals surface area contributed by atoms with Gasteiger partial charge in [-0.25, -0.2) is 4.98 Å². The molecule has 4 heteroatoms. The highest BCUT2D eigenvalue weighted by Gasteiger charge is 2.31. The molecule has 1 unspecified atom stereocenters. The molecule has 0 aliphatic carbocycles. The van der Waals surface area contributed by atoms with Crippen LogP contribution in [0.2, 0.25) is 0 Å². The number of thiazole rings is 1. The zero-order valence-electron chi connectivity index (χ0n) is 12.8. The van der Waals surface area contributed by atoms with E-state index >= 15 is 0 Å². The van der Waals surface area contributed by atoms with Gasteiger partial charge in [0.25, 0.3) is 0 Å². The molecule has 3 nitrogen and oxygen atoms in total. The van der Waals surface area contributed by atoms with Crippen molar-refractivity contribution in [2.24, 2.45) is 0 Å². The molecular weight excluding hydrogens is 278 g/mol. The fraction of sp³-hybridized carbons (Fsp3) is 0.471. The van der Waals surface area contributed by atoms with Gasteiger partial charge in [-0.15, -0.1) is 11.3 Å². The molecule has 1 N–H and O–H groups in total. The molecule has 1 saturated heterocycles. The quantitative estimate of drug-likeness (QED) is 0.941. The Morgan fingerprint density at radius 1 is 1.33 bits per heavy atom. The van der Waals surface area contributed by atoms with Gasteiger partial charge in [-0.3, -0.25) is 4.90 Å². The normalized spacial score (nSPS) is 23.3. The Balaban J connectivity index is 1.63. The van der Waals surface area contributed by atoms with Crippen LogP contribution in [0.5, 0.6) is 0 Å². The monoisotopic (exact) mass is 301 g/mol. The largest absolute Gasteiger partial charge is 0.305 e. The molecule has 112 valence electrons. The van der Waals surface area contributed by atoms with Crippen molar-refractivity contribution in [2.75, 3.05) is 26.2 Å². The Labute approximate surface area is 131 Å². The van der Waals surface area contributed by atoms with Crippen molar-refractivity contribution in [3.63, 3.8) is 0 Å². The Morgan fingerprint density at radius 2 is 2.14 bits per heavy atom. The Kier molecular flexibility index (Phi) is 4.38. The smallest absolute Gasteiger partial charge is 0.0940 e. The van der Waals surface area contributed by atoms with Gasteiger partial charge in [0.05, 0.1) is 10.5 Å². The molecule has 1 atom stereocenters. The van der Waals surface area contributed by atoms with E-state index in [-0.39, 0.29) is 5.54 Å². The third kappa shape index (κ3) is 3.51. The van der Waals surface area contributed by atoms with E-state index in [0.717, 1.165) is 38.3 Å². The second kappa shape index (κ2) is 6.26. The lowest BCUT2D eigenvalue weighted by atomic mass is 9.89. The van der Waals surface area contributed by atoms with Gasteiger partial charge < -0.3 is 5.32 Å². The topological polar surface area (TPSA) is 28.2 Å². The molecule has 0 saturated carbocycles. The molecule has 1 aliphatic heterocycles. The van der Waals surface area contributed by atoms with Crippen molar-refractivity contribution < 1.29 is 0 Å². The number of hydrogen-bond acceptors (Lipinski definition) is 4. The van der Waals surface area contributed by atoms with E-state index in [2.05, 4.69) is 64.8 Å². The second-order valence-corrected chi connectivity index (χ2v) is 6.98. The molecule has 1 aromatic heterocycles. The molecule has 1 aromatic carbocycles. The minimum absolute atomic E-state index is 0.0539. The molecule has 0 radical (unpaired) electrons. The highest BCUT2D eigenvalue weighted by molar-refractivity contribution is 7.09. The van der Waals surface area contributed by atoms with Crippen LogP contribution < -0.4 is 5.32 Å². The summed E-state index contributed by atoms with van der Waals surface area (Å²) in [5, 5.41) is 7.09. The van der Waals surface area contributed by atoms with E-state index in [9.17, 15) is 0 Å². The number of rotatable bonds is 4. The maximum Gasteiger partial charge on any atom is 0.0940 e. The first kappa shape index (κ1) is 14.7. The fourth-order valence-corrected chi connectivity index (χ4v) is 3.80. The lowest BCUT2D eigenvalue weighted by Gasteiger charge is -2.42. The molecule has 1 fully saturated rings. The first-order chi connectivity index (χ1) is 10.2. The molecule has 0 spiro atoms. The van der Waals surface area contributed by atoms with Crippen LogP contribution in [0.4, 0.5) is 0 Å². The van der Waals surface area contributed by atoms with E-state index in [1.54, 1.807) is 11.3 Å². The summed E-state index contributed by atoms with van der Waals surface area (Å²) in [6.45, 7) is 8.69. The molecule has 1 aliphatic rings. The van der Waals surface area contributed by atoms with Crippen LogP contribution in [0.25, 0.3) is 0 Å². The standard InChI is InChI=1S/C17H23N3S/c1-14-12-21-16(19-14)8-10-20-11-9-18-17(2,13-20)15-6-4-3-5-7-15/h3-7,12,18H,8-11,13H2,1-2H3. The predicted octanol–water partition coefficient (Wildman–Crippen LogP) is 2.81. The van der Waals surface area contributed by atoms with Gasteiger partial charge in [-0.2, -0.15) is 0 Å². The van der Waals surface area contributed by atoms with Crippen molar-refractivity contribution >= 4 is 11.3 Å². The van der Waals surface area contributed by atoms with Gasteiger partial charge in [0, 0.05) is 43.7 Å². The Morgan fingerprint density at radius 3 is 2.86 bits per heavy atom. The van der Waals surface area contributed by atoms with Crippen LogP contribution in [0.3, 0.4) is 0 Å². The number of nitrogens with zero attached hydrogens (tertiary/aromatic N) is 2. The molecule has 21 heavy (non-hydrogen) atoms. The average Bonchev–Trinajstić information content (AvgIpc) is 2.92. The van der Waals surface area contributed by atoms with Gasteiger partial charge in [-0.1, -0.05) is 30.3 Å². The van der Waals surface area contributed by atoms with Crippen molar-refractivity contribution in [3.05, 3.63) is 52.0 Å². The number of hydrogen-bond donors (Lipinski definition) is 1. The van der Waals surface area contributed by atoms with E-state index in [4.69, 9.17) is 0 Å². The number of piperazine rings is 1. The predicted molar refractivity (Wildman–Crippen MR) is 88.8 cm³/mol. The minimum atomic E-state index is 0.0539. The van der Waals surface area contributed by atoms with Gasteiger partial charge in [0.1, 0.15) is 0 Å². The molecule has 2 aromatic rings. The third-order valence-corrected chi connectivity index (χ3v) is 5.23. The fourth-order valence-electron chi connectivity index (χ4n) is 3.03. The van der Waals surface area contributed by atoms with Crippen molar-refractivity contribution in [2.45, 2.75) is 25.8 Å². The molecule has 2 heterocycles. The zero-order valence-corrected chi connectivity index (χ0v) is 13.6. The van der Waals surface area contributed by atoms with Crippen LogP contribution >= 0.6 is 11.3 Å². The Hall–Kier alpha value is -1.23. The summed E-state index contributed by atoms with van der Waals surface area (Å²) in [6, 6.07) is 10.8. The minimum Gasteiger partial charge on any atom is -0.305 e. The maximum absolute atomic E-state index is 4.57. The van der Waals surface area contributed by atoms with Gasteiger partial charge in [0.15, 0.2) is 0 Å². The summed E-state index contributed by atoms with van der Waals surface area (Å²) in [6.07, 6.45) is 1.06. The number of benzene rings is 1. The maximum atomic E-state index is 4.57. The first-order valence-corrected chi connectivity index (χ1v) is 8.48. The van der Waals surface area contributed by atoms with Gasteiger partial charge >= 0.3 is 0 Å². The number of aromatic nitrogens is 1. The highest BCUT2D eigenvalue weighted by atomic mass is 32.1. The van der Waals surface area contributed by atoms with E-state index < -0.39 is 0 Å². The molecule has 0 amide bonds. The van der Waals surface area contributed by atoms with Gasteiger partial charge in [0.2, 0.25) is 0 Å². The lowest BCUT2D eigenvalue weighted by Crippen LogP contribution is -2.56. The summed E-state index contributed by atoms with van der Waals surface area (Å²) >= 11 is 1.78. The third-order valence-electron chi connectivity index (χ3n) is 4.20. The van der Waals surface area contributed by atoms with Crippen LogP contribution in [0, 0.1) is 6.92 Å². The lowest BCUT2D eigenvalue weighted by molar-refractivity contribution is 0.144. The van der Waals surface area contributed by atoms with E-state index in [1.165, 1.54) is 10.6 Å². The summed E-state index contributed by atoms with van der Waals surface area (Å²) in [7, 11) is 0. The number of nitrogens with one attached hydrogen (secondary N) is 1. The van der Waals surface area contributed by atoms with E-state index in [0.29, 0.717) is 0 Å². The average molecular weight is 301 g/mol. The summed E-state index contributed by atoms with van der Waals surface area (Å²) < 4.78 is 0. The SMILES string of the molecule is Cc1csc(CCN2CCNC(C)(c3ccccc3)C2)n1. The second-order valence-electron chi connectivity index (χ2n) is 6.03. The summed E-state index contributed by atoms with van der Waals surface area (Å²) in [4.78, 5) is 7.12. The van der Waals surface area contributed by atoms with Crippen molar-refractivity contribution in [3.8, 4) is 0 Å². The van der Waals surface area contributed by atoms with Crippen molar-refractivity contribution in [1.82, 2.24) is 15.2 Å². The highest BCUT2D eigenvalue weighted by Crippen LogP contribution is 2.24. The first-order valence-electron chi connectivity index (χ1n) is 7.60. The summed E-state index contributed by atoms with van der Waals surface area (Å²) in [5.74, 6) is 0. The van der Waals surface area contributed by atoms with Crippen LogP contribution in [0.15, 0.2) is 35.7 Å². The molecule has 3 rings (SSSR count). The molecule has 0 bridgehead atoms. The number of aryl methyl sites for hydroxylation is 1.